The average molecular weight is 1450 g/mol. The Morgan fingerprint density at radius 2 is 0.700 bits per heavy atom. The Kier molecular flexibility index (Phi) is 52.0. The molecule has 25 heteroatoms. The summed E-state index contributed by atoms with van der Waals surface area (Å²) in [5, 5.41) is 110. The minimum Gasteiger partial charge on any atom is -0.463 e. The van der Waals surface area contributed by atoms with E-state index in [0.717, 1.165) is 109 Å². The Morgan fingerprint density at radius 3 is 1.10 bits per heavy atom. The molecule has 2 aliphatic heterocycles. The van der Waals surface area contributed by atoms with E-state index < -0.39 is 156 Å². The number of hydrogen-bond acceptors (Lipinski definition) is 23. The Hall–Kier alpha value is -2.56. The molecule has 24 nitrogen and oxygen atoms in total. The van der Waals surface area contributed by atoms with Gasteiger partial charge in [0.1, 0.15) is 98.7 Å². The van der Waals surface area contributed by atoms with Crippen LogP contribution < -0.4 is 0 Å². The van der Waals surface area contributed by atoms with Gasteiger partial charge in [0.2, 0.25) is 0 Å². The van der Waals surface area contributed by atoms with Gasteiger partial charge in [0, 0.05) is 19.3 Å². The first-order valence-corrected chi connectivity index (χ1v) is 40.6. The number of carbonyl (C=O) groups is 3. The third kappa shape index (κ3) is 39.2. The van der Waals surface area contributed by atoms with Crippen LogP contribution in [0.4, 0.5) is 0 Å². The second kappa shape index (κ2) is 56.7. The maximum atomic E-state index is 14.4. The maximum Gasteiger partial charge on any atom is 0.472 e. The lowest BCUT2D eigenvalue weighted by Crippen LogP contribution is -2.69. The first-order valence-electron chi connectivity index (χ1n) is 39.1. The summed E-state index contributed by atoms with van der Waals surface area (Å²) < 4.78 is 65.1. The van der Waals surface area contributed by atoms with Crippen LogP contribution in [0, 0.1) is 0 Å². The predicted molar refractivity (Wildman–Crippen MR) is 379 cm³/mol. The number of allylic oxidation sites excluding steroid dienone is 4. The van der Waals surface area contributed by atoms with Gasteiger partial charge in [0.15, 0.2) is 18.7 Å². The van der Waals surface area contributed by atoms with E-state index in [1.807, 2.05) is 0 Å². The van der Waals surface area contributed by atoms with Gasteiger partial charge in [-0.3, -0.25) is 23.4 Å². The summed E-state index contributed by atoms with van der Waals surface area (Å²) in [5.41, 5.74) is 0. The Morgan fingerprint density at radius 1 is 0.380 bits per heavy atom. The van der Waals surface area contributed by atoms with Crippen LogP contribution in [0.5, 0.6) is 0 Å². The number of unbranched alkanes of at least 4 members (excludes halogenated alkanes) is 36. The fourth-order valence-electron chi connectivity index (χ4n) is 12.8. The number of hydrogen-bond donors (Lipinski definition) is 11. The Bertz CT molecular complexity index is 2160. The van der Waals surface area contributed by atoms with Crippen LogP contribution in [-0.2, 0) is 61.2 Å². The van der Waals surface area contributed by atoms with Gasteiger partial charge in [0.25, 0.3) is 0 Å². The van der Waals surface area contributed by atoms with Crippen molar-refractivity contribution in [2.75, 3.05) is 26.4 Å². The van der Waals surface area contributed by atoms with Crippen LogP contribution in [0.3, 0.4) is 0 Å². The number of carbonyl (C=O) groups excluding carboxylic acids is 3. The standard InChI is InChI=1S/C75H137O24P/c1-4-7-10-13-16-19-22-25-28-30-32-35-37-40-43-46-49-59(77)91-53-56(94-61(79)51-48-45-42-39-36-33-29-26-23-20-17-14-11-8-5-2)54-93-100(89,90)99-73-71(97-74-69(87)64(82)62(80)57(52-76)95-74)67(85)66(84)68(86)72(73)98-75-70(88)65(83)63(81)58(96-75)55-92-60(78)50-47-44-41-38-34-31-27-24-21-18-15-12-9-6-3/h20,23,31,34,56-58,62-76,80-88H,4-19,21-22,24-30,32-33,35-55H2,1-3H3,(H,89,90)/b23-20-,34-31-. The molecule has 18 atom stereocenters. The van der Waals surface area contributed by atoms with Crippen LogP contribution in [0.1, 0.15) is 303 Å². The second-order valence-corrected chi connectivity index (χ2v) is 29.5. The van der Waals surface area contributed by atoms with Crippen LogP contribution in [-0.4, -0.2) is 204 Å². The predicted octanol–water partition coefficient (Wildman–Crippen LogP) is 11.3. The summed E-state index contributed by atoms with van der Waals surface area (Å²) in [7, 11) is -5.70. The molecule has 0 aromatic carbocycles. The molecule has 0 spiro atoms. The fourth-order valence-corrected chi connectivity index (χ4v) is 13.8. The van der Waals surface area contributed by atoms with Crippen molar-refractivity contribution in [3.63, 3.8) is 0 Å². The van der Waals surface area contributed by atoms with Crippen molar-refractivity contribution in [3.05, 3.63) is 24.3 Å². The monoisotopic (exact) mass is 1450 g/mol. The molecule has 0 radical (unpaired) electrons. The average Bonchev–Trinajstić information content (AvgIpc) is 0.762. The summed E-state index contributed by atoms with van der Waals surface area (Å²) in [4.78, 5) is 51.1. The van der Waals surface area contributed by atoms with Gasteiger partial charge >= 0.3 is 25.7 Å². The first-order chi connectivity index (χ1) is 48.3. The number of esters is 3. The minimum atomic E-state index is -5.70. The molecule has 18 unspecified atom stereocenters. The van der Waals surface area contributed by atoms with Gasteiger partial charge in [0.05, 0.1) is 13.2 Å². The van der Waals surface area contributed by atoms with Crippen molar-refractivity contribution >= 4 is 25.7 Å². The van der Waals surface area contributed by atoms with Crippen LogP contribution in [0.25, 0.3) is 0 Å². The molecule has 0 amide bonds. The summed E-state index contributed by atoms with van der Waals surface area (Å²) >= 11 is 0. The third-order valence-corrected chi connectivity index (χ3v) is 20.2. The third-order valence-electron chi connectivity index (χ3n) is 19.2. The van der Waals surface area contributed by atoms with E-state index in [-0.39, 0.29) is 19.3 Å². The van der Waals surface area contributed by atoms with Crippen molar-refractivity contribution in [3.8, 4) is 0 Å². The molecule has 3 aliphatic rings. The van der Waals surface area contributed by atoms with Crippen molar-refractivity contribution in [2.45, 2.75) is 407 Å². The van der Waals surface area contributed by atoms with E-state index in [4.69, 9.17) is 42.2 Å². The Balaban J connectivity index is 1.72. The van der Waals surface area contributed by atoms with Crippen molar-refractivity contribution < 1.29 is 117 Å². The smallest absolute Gasteiger partial charge is 0.463 e. The zero-order valence-corrected chi connectivity index (χ0v) is 62.1. The second-order valence-electron chi connectivity index (χ2n) is 28.1. The van der Waals surface area contributed by atoms with Crippen molar-refractivity contribution in [1.82, 2.24) is 0 Å². The summed E-state index contributed by atoms with van der Waals surface area (Å²) in [6.45, 7) is 3.44. The van der Waals surface area contributed by atoms with E-state index >= 15 is 0 Å². The van der Waals surface area contributed by atoms with Gasteiger partial charge in [-0.1, -0.05) is 238 Å². The largest absolute Gasteiger partial charge is 0.472 e. The molecule has 11 N–H and O–H groups in total. The lowest BCUT2D eigenvalue weighted by Gasteiger charge is -2.49. The number of phosphoric ester groups is 1. The van der Waals surface area contributed by atoms with Crippen LogP contribution in [0.15, 0.2) is 24.3 Å². The fraction of sp³-hybridized carbons (Fsp3) is 0.907. The molecule has 0 bridgehead atoms. The van der Waals surface area contributed by atoms with Crippen LogP contribution in [0.2, 0.25) is 0 Å². The SMILES string of the molecule is CCCCCC/C=C\CCCCCCCCCC(=O)OC(COC(=O)CCCCCCCCCCCCCCCCCC)COP(=O)(O)OC1C(OC2OC(CO)C(O)C(O)C2O)C(O)C(O)C(O)C1OC1OC(COC(=O)CCCCC/C=C\CCCCCCCCC)C(O)C(O)C1O. The zero-order valence-electron chi connectivity index (χ0n) is 61.2. The quantitative estimate of drug-likeness (QED) is 0.00886. The van der Waals surface area contributed by atoms with Gasteiger partial charge < -0.3 is 89.1 Å². The van der Waals surface area contributed by atoms with Gasteiger partial charge in [-0.15, -0.1) is 0 Å². The molecule has 2 saturated heterocycles. The highest BCUT2D eigenvalue weighted by atomic mass is 31.2. The molecule has 1 aliphatic carbocycles. The molecular weight excluding hydrogens is 1320 g/mol. The maximum absolute atomic E-state index is 14.4. The zero-order chi connectivity index (χ0) is 73.2. The van der Waals surface area contributed by atoms with Crippen molar-refractivity contribution in [1.29, 1.82) is 0 Å². The highest BCUT2D eigenvalue weighted by Crippen LogP contribution is 2.49. The van der Waals surface area contributed by atoms with E-state index in [1.54, 1.807) is 0 Å². The highest BCUT2D eigenvalue weighted by molar-refractivity contribution is 7.47. The number of aliphatic hydroxyl groups is 10. The molecular formula is C75H137O24P. The molecule has 3 fully saturated rings. The van der Waals surface area contributed by atoms with Gasteiger partial charge in [-0.25, -0.2) is 4.57 Å². The summed E-state index contributed by atoms with van der Waals surface area (Å²) in [6, 6.07) is 0. The van der Waals surface area contributed by atoms with E-state index in [1.165, 1.54) is 135 Å². The molecule has 0 aromatic rings. The van der Waals surface area contributed by atoms with E-state index in [9.17, 15) is 74.9 Å². The Labute approximate surface area is 598 Å². The van der Waals surface area contributed by atoms with Crippen LogP contribution >= 0.6 is 7.82 Å². The molecule has 3 rings (SSSR count). The normalized spacial score (nSPS) is 27.4. The van der Waals surface area contributed by atoms with Gasteiger partial charge in [-0.2, -0.15) is 0 Å². The topological polar surface area (TPSA) is 374 Å². The first kappa shape index (κ1) is 91.6. The van der Waals surface area contributed by atoms with Crippen molar-refractivity contribution in [2.24, 2.45) is 0 Å². The number of phosphoric acid groups is 1. The molecule has 100 heavy (non-hydrogen) atoms. The molecule has 0 aromatic heterocycles. The van der Waals surface area contributed by atoms with E-state index in [0.29, 0.717) is 19.3 Å². The number of aliphatic hydroxyl groups excluding tert-OH is 10. The number of ether oxygens (including phenoxy) is 7. The van der Waals surface area contributed by atoms with Gasteiger partial charge in [-0.05, 0) is 70.6 Å². The molecule has 586 valence electrons. The summed E-state index contributed by atoms with van der Waals surface area (Å²) in [5.74, 6) is -2.00. The lowest BCUT2D eigenvalue weighted by atomic mass is 9.84. The minimum absolute atomic E-state index is 0.00839. The summed E-state index contributed by atoms with van der Waals surface area (Å²) in [6.07, 6.45) is 18.0. The number of rotatable bonds is 61. The molecule has 1 saturated carbocycles. The highest BCUT2D eigenvalue weighted by Gasteiger charge is 2.58. The lowest BCUT2D eigenvalue weighted by molar-refractivity contribution is -0.360. The molecule has 2 heterocycles. The van der Waals surface area contributed by atoms with E-state index in [2.05, 4.69) is 45.1 Å².